The Kier molecular flexibility index (Phi) is 17.5. The summed E-state index contributed by atoms with van der Waals surface area (Å²) in [4.78, 5) is 4.83. The summed E-state index contributed by atoms with van der Waals surface area (Å²) in [6.45, 7) is 17.6. The molecule has 0 aliphatic heterocycles. The lowest BCUT2D eigenvalue weighted by atomic mass is 9.67. The minimum absolute atomic E-state index is 0.472. The topological polar surface area (TPSA) is 24.9 Å². The van der Waals surface area contributed by atoms with Gasteiger partial charge in [0.25, 0.3) is 0 Å². The molecular weight excluding hydrogens is 1290 g/mol. The molecule has 510 valence electrons. The molecule has 0 heterocycles. The predicted molar refractivity (Wildman–Crippen MR) is 442 cm³/mol. The number of hydrogen-bond acceptors (Lipinski definition) is 4. The third-order valence-electron chi connectivity index (χ3n) is 21.8. The van der Waals surface area contributed by atoms with Gasteiger partial charge in [-0.15, -0.1) is 0 Å². The van der Waals surface area contributed by atoms with Crippen LogP contribution in [0.4, 0.5) is 34.1 Å². The number of ether oxygens (including phenoxy) is 2. The van der Waals surface area contributed by atoms with Crippen molar-refractivity contribution in [2.75, 3.05) is 9.80 Å². The zero-order valence-electron chi connectivity index (χ0n) is 60.2. The lowest BCUT2D eigenvalue weighted by molar-refractivity contribution is 0.306. The van der Waals surface area contributed by atoms with E-state index in [0.717, 1.165) is 79.0 Å². The van der Waals surface area contributed by atoms with E-state index in [1.807, 2.05) is 12.2 Å². The van der Waals surface area contributed by atoms with Crippen LogP contribution in [0.1, 0.15) is 89.0 Å². The molecule has 0 saturated carbocycles. The van der Waals surface area contributed by atoms with E-state index in [1.54, 1.807) is 0 Å². The number of aryl methyl sites for hydroxylation is 4. The largest absolute Gasteiger partial charge is 0.489 e. The molecule has 2 aliphatic carbocycles. The number of hydrogen-bond donors (Lipinski definition) is 0. The van der Waals surface area contributed by atoms with E-state index in [1.165, 1.54) is 100 Å². The summed E-state index contributed by atoms with van der Waals surface area (Å²) >= 11 is 0. The van der Waals surface area contributed by atoms with E-state index in [-0.39, 0.29) is 0 Å². The normalized spacial score (nSPS) is 14.5. The fraction of sp³-hybridized carbons (Fsp3) is 0.0784. The molecule has 2 aliphatic rings. The standard InChI is InChI=1S/C102H80N2O2/c1-7-73-31-35-75(36-32-73)67-105-89-55-47-81(48-56-89)101(79-43-27-69(3)28-44-79)97-25-17-15-23-93(97)95-61-53-87(65-99(95)101)103(83-19-11-9-12-20-83)85-51-59-91(71(5)63-85)77-39-41-78(42-40-77)92-60-52-86(64-72(92)6)104(84-21-13-10-14-22-84)88-54-62-96-94-24-16-18-26-98(94)102(100(96)66-88,80-45-29-70(4)30-46-80)82-49-57-90(58-50-82)106-68-76-37-33-74(8-2)34-38-76/h7-66H,1-2,67-68H2,3-6H3. The predicted octanol–water partition coefficient (Wildman–Crippen LogP) is 26.4. The first-order valence-corrected chi connectivity index (χ1v) is 36.6. The highest BCUT2D eigenvalue weighted by molar-refractivity contribution is 5.92. The lowest BCUT2D eigenvalue weighted by Gasteiger charge is -2.35. The van der Waals surface area contributed by atoms with Gasteiger partial charge in [-0.2, -0.15) is 0 Å². The van der Waals surface area contributed by atoms with E-state index in [4.69, 9.17) is 9.47 Å². The molecule has 0 N–H and O–H groups in total. The molecule has 15 aromatic rings. The van der Waals surface area contributed by atoms with Gasteiger partial charge in [0.2, 0.25) is 0 Å². The maximum absolute atomic E-state index is 6.45. The van der Waals surface area contributed by atoms with E-state index in [0.29, 0.717) is 13.2 Å². The molecule has 2 atom stereocenters. The van der Waals surface area contributed by atoms with Crippen LogP contribution in [-0.2, 0) is 24.0 Å². The van der Waals surface area contributed by atoms with Gasteiger partial charge in [-0.05, 0) is 247 Å². The van der Waals surface area contributed by atoms with E-state index in [2.05, 4.69) is 403 Å². The van der Waals surface area contributed by atoms with Gasteiger partial charge in [0.15, 0.2) is 0 Å². The molecule has 15 aromatic carbocycles. The fourth-order valence-corrected chi connectivity index (χ4v) is 16.5. The molecule has 106 heavy (non-hydrogen) atoms. The molecule has 17 rings (SSSR count). The van der Waals surface area contributed by atoms with Crippen molar-refractivity contribution in [1.82, 2.24) is 0 Å². The van der Waals surface area contributed by atoms with Crippen LogP contribution >= 0.6 is 0 Å². The Morgan fingerprint density at radius 1 is 0.274 bits per heavy atom. The maximum atomic E-state index is 6.45. The van der Waals surface area contributed by atoms with Crippen LogP contribution in [0.2, 0.25) is 0 Å². The Bertz CT molecular complexity index is 5390. The molecule has 0 saturated heterocycles. The highest BCUT2D eigenvalue weighted by Crippen LogP contribution is 2.60. The quantitative estimate of drug-likeness (QED) is 0.0759. The van der Waals surface area contributed by atoms with Crippen LogP contribution in [0, 0.1) is 27.7 Å². The second-order valence-electron chi connectivity index (χ2n) is 28.2. The molecule has 0 aromatic heterocycles. The monoisotopic (exact) mass is 1360 g/mol. The molecule has 0 bridgehead atoms. The van der Waals surface area contributed by atoms with E-state index in [9.17, 15) is 0 Å². The van der Waals surface area contributed by atoms with Gasteiger partial charge in [-0.25, -0.2) is 0 Å². The average Bonchev–Trinajstić information content (AvgIpc) is 1.54. The Morgan fingerprint density at radius 2 is 0.585 bits per heavy atom. The first kappa shape index (κ1) is 66.2. The summed E-state index contributed by atoms with van der Waals surface area (Å²) in [5.74, 6) is 1.64. The minimum atomic E-state index is -0.632. The van der Waals surface area contributed by atoms with Gasteiger partial charge >= 0.3 is 0 Å². The van der Waals surface area contributed by atoms with E-state index < -0.39 is 10.8 Å². The Morgan fingerprint density at radius 3 is 0.934 bits per heavy atom. The summed E-state index contributed by atoms with van der Waals surface area (Å²) < 4.78 is 12.9. The third kappa shape index (κ3) is 11.9. The SMILES string of the molecule is C=Cc1ccc(COc2ccc(C3(c4ccc(C)cc4)c4ccccc4-c4ccc(N(c5ccccc5)c5ccc(-c6ccc(-c7ccc(N(c8ccccc8)c8ccc9c(c8)C(c8ccc(C)cc8)(c8ccc(OCc%10ccc(C=C)cc%10)cc8)c8ccccc8-9)cc7C)cc6)c(C)c5)cc43)cc2)cc1. The summed E-state index contributed by atoms with van der Waals surface area (Å²) in [7, 11) is 0. The molecular formula is C102H80N2O2. The van der Waals surface area contributed by atoms with Crippen LogP contribution in [0.3, 0.4) is 0 Å². The van der Waals surface area contributed by atoms with Gasteiger partial charge in [-0.3, -0.25) is 0 Å². The van der Waals surface area contributed by atoms with Crippen LogP contribution < -0.4 is 19.3 Å². The van der Waals surface area contributed by atoms with Crippen molar-refractivity contribution >= 4 is 46.3 Å². The molecule has 2 unspecified atom stereocenters. The fourth-order valence-electron chi connectivity index (χ4n) is 16.5. The molecule has 0 radical (unpaired) electrons. The summed E-state index contributed by atoms with van der Waals surface area (Å²) in [6.07, 6.45) is 3.73. The first-order chi connectivity index (χ1) is 52.0. The van der Waals surface area contributed by atoms with Gasteiger partial charge in [0.05, 0.1) is 10.8 Å². The second kappa shape index (κ2) is 28.0. The number of fused-ring (bicyclic) bond motifs is 6. The van der Waals surface area contributed by atoms with Crippen molar-refractivity contribution in [3.63, 3.8) is 0 Å². The maximum Gasteiger partial charge on any atom is 0.119 e. The highest BCUT2D eigenvalue weighted by atomic mass is 16.5. The first-order valence-electron chi connectivity index (χ1n) is 36.6. The van der Waals surface area contributed by atoms with Gasteiger partial charge in [-0.1, -0.05) is 291 Å². The third-order valence-corrected chi connectivity index (χ3v) is 21.8. The van der Waals surface area contributed by atoms with Crippen molar-refractivity contribution in [3.8, 4) is 56.0 Å². The van der Waals surface area contributed by atoms with Gasteiger partial charge in [0.1, 0.15) is 24.7 Å². The van der Waals surface area contributed by atoms with Gasteiger partial charge in [0, 0.05) is 34.1 Å². The molecule has 0 amide bonds. The minimum Gasteiger partial charge on any atom is -0.489 e. The van der Waals surface area contributed by atoms with Crippen molar-refractivity contribution in [1.29, 1.82) is 0 Å². The number of para-hydroxylation sites is 2. The second-order valence-corrected chi connectivity index (χ2v) is 28.2. The number of anilines is 6. The number of nitrogens with zero attached hydrogens (tertiary/aromatic N) is 2. The zero-order valence-corrected chi connectivity index (χ0v) is 60.2. The van der Waals surface area contributed by atoms with Crippen LogP contribution in [0.5, 0.6) is 11.5 Å². The Hall–Kier alpha value is -13.0. The van der Waals surface area contributed by atoms with Crippen molar-refractivity contribution < 1.29 is 9.47 Å². The molecule has 4 nitrogen and oxygen atoms in total. The Labute approximate surface area is 623 Å². The lowest BCUT2D eigenvalue weighted by Crippen LogP contribution is -2.28. The molecule has 4 heteroatoms. The van der Waals surface area contributed by atoms with Crippen molar-refractivity contribution in [2.45, 2.75) is 51.7 Å². The summed E-state index contributed by atoms with van der Waals surface area (Å²) in [5, 5.41) is 0. The highest BCUT2D eigenvalue weighted by Gasteiger charge is 2.48. The van der Waals surface area contributed by atoms with Crippen molar-refractivity contribution in [3.05, 3.63) is 454 Å². The van der Waals surface area contributed by atoms with Crippen LogP contribution in [0.15, 0.2) is 365 Å². The number of benzene rings is 15. The summed E-state index contributed by atoms with van der Waals surface area (Å²) in [5.41, 5.74) is 33.8. The van der Waals surface area contributed by atoms with Crippen molar-refractivity contribution in [2.24, 2.45) is 0 Å². The van der Waals surface area contributed by atoms with Crippen LogP contribution in [0.25, 0.3) is 56.7 Å². The zero-order chi connectivity index (χ0) is 71.9. The van der Waals surface area contributed by atoms with E-state index >= 15 is 0 Å². The van der Waals surface area contributed by atoms with Gasteiger partial charge < -0.3 is 19.3 Å². The van der Waals surface area contributed by atoms with Crippen LogP contribution in [-0.4, -0.2) is 0 Å². The molecule has 0 fully saturated rings. The summed E-state index contributed by atoms with van der Waals surface area (Å²) in [6, 6.07) is 129. The Balaban J connectivity index is 0.685. The smallest absolute Gasteiger partial charge is 0.119 e. The number of rotatable bonds is 20. The average molecular weight is 1370 g/mol. The molecule has 0 spiro atoms.